The highest BCUT2D eigenvalue weighted by molar-refractivity contribution is 6.26. The fourth-order valence-corrected chi connectivity index (χ4v) is 2.31. The highest BCUT2D eigenvalue weighted by Crippen LogP contribution is 2.27. The van der Waals surface area contributed by atoms with Gasteiger partial charge in [-0.2, -0.15) is 0 Å². The molecule has 0 saturated carbocycles. The quantitative estimate of drug-likeness (QED) is 0.587. The van der Waals surface area contributed by atoms with Crippen molar-refractivity contribution in [3.8, 4) is 0 Å². The van der Waals surface area contributed by atoms with E-state index < -0.39 is 34.2 Å². The molecule has 0 unspecified atom stereocenters. The zero-order chi connectivity index (χ0) is 16.1. The zero-order valence-electron chi connectivity index (χ0n) is 12.6. The summed E-state index contributed by atoms with van der Waals surface area (Å²) >= 11 is 0. The summed E-state index contributed by atoms with van der Waals surface area (Å²) in [6.45, 7) is 6.06. The minimum atomic E-state index is -2.28. The molecule has 0 fully saturated rings. The van der Waals surface area contributed by atoms with Gasteiger partial charge in [-0.15, -0.1) is 0 Å². The lowest BCUT2D eigenvalue weighted by molar-refractivity contribution is -0.150. The molecular formula is C14H24N2O4. The van der Waals surface area contributed by atoms with Crippen LogP contribution in [0.15, 0.2) is 0 Å². The van der Waals surface area contributed by atoms with E-state index in [9.17, 15) is 19.2 Å². The van der Waals surface area contributed by atoms with Gasteiger partial charge in [0.2, 0.25) is 0 Å². The van der Waals surface area contributed by atoms with Crippen molar-refractivity contribution in [2.24, 2.45) is 11.5 Å². The third-order valence-electron chi connectivity index (χ3n) is 3.67. The molecule has 114 valence electrons. The second kappa shape index (κ2) is 6.85. The van der Waals surface area contributed by atoms with Gasteiger partial charge in [0.1, 0.15) is 0 Å². The molecule has 6 heteroatoms. The maximum atomic E-state index is 12.2. The van der Waals surface area contributed by atoms with Crippen LogP contribution in [0.3, 0.4) is 0 Å². The maximum Gasteiger partial charge on any atom is 0.166 e. The van der Waals surface area contributed by atoms with Gasteiger partial charge in [-0.1, -0.05) is 27.7 Å². The second-order valence-electron chi connectivity index (χ2n) is 4.72. The van der Waals surface area contributed by atoms with E-state index in [2.05, 4.69) is 0 Å². The van der Waals surface area contributed by atoms with Crippen LogP contribution in [0.1, 0.15) is 53.4 Å². The molecule has 0 spiro atoms. The molecule has 0 aromatic carbocycles. The van der Waals surface area contributed by atoms with E-state index in [1.54, 1.807) is 0 Å². The van der Waals surface area contributed by atoms with Gasteiger partial charge in [0.15, 0.2) is 34.2 Å². The summed E-state index contributed by atoms with van der Waals surface area (Å²) in [6.07, 6.45) is -0.297. The Bertz CT molecular complexity index is 357. The molecular weight excluding hydrogens is 260 g/mol. The summed E-state index contributed by atoms with van der Waals surface area (Å²) in [5.41, 5.74) is 7.38. The van der Waals surface area contributed by atoms with E-state index in [4.69, 9.17) is 11.5 Å². The first kappa shape index (κ1) is 18.6. The number of carbonyl (C=O) groups excluding carboxylic acids is 4. The van der Waals surface area contributed by atoms with E-state index >= 15 is 0 Å². The smallest absolute Gasteiger partial charge is 0.166 e. The van der Waals surface area contributed by atoms with Crippen molar-refractivity contribution in [1.82, 2.24) is 0 Å². The molecule has 0 atom stereocenters. The van der Waals surface area contributed by atoms with Gasteiger partial charge in [-0.3, -0.25) is 19.2 Å². The van der Waals surface area contributed by atoms with E-state index in [0.29, 0.717) is 0 Å². The third-order valence-corrected chi connectivity index (χ3v) is 3.67. The normalized spacial score (nSPS) is 12.1. The lowest BCUT2D eigenvalue weighted by Gasteiger charge is -2.40. The Hall–Kier alpha value is -1.40. The van der Waals surface area contributed by atoms with Crippen LogP contribution in [0.5, 0.6) is 0 Å². The first-order valence-electron chi connectivity index (χ1n) is 6.89. The van der Waals surface area contributed by atoms with Crippen molar-refractivity contribution in [2.75, 3.05) is 0 Å². The molecule has 0 amide bonds. The Kier molecular flexibility index (Phi) is 6.37. The predicted molar refractivity (Wildman–Crippen MR) is 75.0 cm³/mol. The van der Waals surface area contributed by atoms with Crippen LogP contribution in [-0.2, 0) is 19.2 Å². The fraction of sp³-hybridized carbons (Fsp3) is 0.714. The Morgan fingerprint density at radius 3 is 0.850 bits per heavy atom. The number of hydrogen-bond acceptors (Lipinski definition) is 6. The standard InChI is InChI=1S/C14H24N2O4/c1-5-9(17)13(15,10(18)6-2)14(16,11(19)7-3)12(20)8-4/h5-8,15-16H2,1-4H3. The van der Waals surface area contributed by atoms with Crippen LogP contribution >= 0.6 is 0 Å². The Balaban J connectivity index is 6.31. The number of nitrogens with two attached hydrogens (primary N) is 2. The molecule has 0 aliphatic heterocycles. The average Bonchev–Trinajstić information content (AvgIpc) is 2.49. The van der Waals surface area contributed by atoms with E-state index in [-0.39, 0.29) is 25.7 Å². The van der Waals surface area contributed by atoms with Gasteiger partial charge in [-0.25, -0.2) is 0 Å². The fourth-order valence-electron chi connectivity index (χ4n) is 2.31. The molecule has 0 aromatic rings. The largest absolute Gasteiger partial charge is 0.310 e. The van der Waals surface area contributed by atoms with Crippen LogP contribution in [0.2, 0.25) is 0 Å². The molecule has 0 aliphatic rings. The summed E-state index contributed by atoms with van der Waals surface area (Å²) in [6, 6.07) is 0. The van der Waals surface area contributed by atoms with E-state index in [1.165, 1.54) is 27.7 Å². The van der Waals surface area contributed by atoms with Crippen molar-refractivity contribution in [3.05, 3.63) is 0 Å². The zero-order valence-corrected chi connectivity index (χ0v) is 12.6. The van der Waals surface area contributed by atoms with Crippen molar-refractivity contribution < 1.29 is 19.2 Å². The molecule has 20 heavy (non-hydrogen) atoms. The summed E-state index contributed by atoms with van der Waals surface area (Å²) in [5, 5.41) is 0. The number of rotatable bonds is 9. The van der Waals surface area contributed by atoms with Gasteiger partial charge in [0, 0.05) is 25.7 Å². The summed E-state index contributed by atoms with van der Waals surface area (Å²) < 4.78 is 0. The molecule has 0 aromatic heterocycles. The maximum absolute atomic E-state index is 12.2. The van der Waals surface area contributed by atoms with Crippen LogP contribution in [0.4, 0.5) is 0 Å². The van der Waals surface area contributed by atoms with Crippen LogP contribution in [0.25, 0.3) is 0 Å². The molecule has 0 rings (SSSR count). The van der Waals surface area contributed by atoms with Crippen LogP contribution < -0.4 is 11.5 Å². The summed E-state index contributed by atoms with van der Waals surface area (Å²) in [7, 11) is 0. The lowest BCUT2D eigenvalue weighted by atomic mass is 9.65. The molecule has 4 N–H and O–H groups in total. The lowest BCUT2D eigenvalue weighted by Crippen LogP contribution is -2.79. The number of hydrogen-bond donors (Lipinski definition) is 2. The van der Waals surface area contributed by atoms with Crippen LogP contribution in [-0.4, -0.2) is 34.2 Å². The summed E-state index contributed by atoms with van der Waals surface area (Å²) in [5.74, 6) is -2.74. The molecule has 0 saturated heterocycles. The first-order chi connectivity index (χ1) is 9.18. The minimum Gasteiger partial charge on any atom is -0.310 e. The minimum absolute atomic E-state index is 0.0742. The van der Waals surface area contributed by atoms with Crippen molar-refractivity contribution in [2.45, 2.75) is 64.5 Å². The molecule has 0 aliphatic carbocycles. The summed E-state index contributed by atoms with van der Waals surface area (Å²) in [4.78, 5) is 48.8. The third kappa shape index (κ3) is 2.58. The number of Topliss-reactive ketones (excluding diaryl/α,β-unsaturated/α-hetero) is 4. The topological polar surface area (TPSA) is 120 Å². The molecule has 0 bridgehead atoms. The number of carbonyl (C=O) groups is 4. The second-order valence-corrected chi connectivity index (χ2v) is 4.72. The highest BCUT2D eigenvalue weighted by atomic mass is 16.2. The van der Waals surface area contributed by atoms with Gasteiger partial charge in [0.25, 0.3) is 0 Å². The van der Waals surface area contributed by atoms with E-state index in [1.807, 2.05) is 0 Å². The highest BCUT2D eigenvalue weighted by Gasteiger charge is 2.62. The Morgan fingerprint density at radius 1 is 0.600 bits per heavy atom. The molecule has 6 nitrogen and oxygen atoms in total. The van der Waals surface area contributed by atoms with Crippen molar-refractivity contribution in [3.63, 3.8) is 0 Å². The van der Waals surface area contributed by atoms with Crippen molar-refractivity contribution in [1.29, 1.82) is 0 Å². The van der Waals surface area contributed by atoms with Gasteiger partial charge in [-0.05, 0) is 0 Å². The SMILES string of the molecule is CCC(=O)C(N)(C(=O)CC)C(N)(C(=O)CC)C(=O)CC. The monoisotopic (exact) mass is 284 g/mol. The van der Waals surface area contributed by atoms with E-state index in [0.717, 1.165) is 0 Å². The van der Waals surface area contributed by atoms with Crippen molar-refractivity contribution >= 4 is 23.1 Å². The predicted octanol–water partition coefficient (Wildman–Crippen LogP) is 0.298. The van der Waals surface area contributed by atoms with Crippen LogP contribution in [0, 0.1) is 0 Å². The average molecular weight is 284 g/mol. The van der Waals surface area contributed by atoms with Gasteiger partial charge >= 0.3 is 0 Å². The number of ketones is 4. The molecule has 0 heterocycles. The Morgan fingerprint density at radius 2 is 0.750 bits per heavy atom. The van der Waals surface area contributed by atoms with Gasteiger partial charge in [0.05, 0.1) is 0 Å². The molecule has 0 radical (unpaired) electrons. The Labute approximate surface area is 119 Å². The first-order valence-corrected chi connectivity index (χ1v) is 6.89. The van der Waals surface area contributed by atoms with Gasteiger partial charge < -0.3 is 11.5 Å².